The van der Waals surface area contributed by atoms with Crippen molar-refractivity contribution in [3.8, 4) is 0 Å². The number of imidazole rings is 1. The molecular formula is C15H17N5O4. The Kier molecular flexibility index (Phi) is 6.01. The molecule has 0 aliphatic heterocycles. The largest absolute Gasteiger partial charge is 0.480 e. The molecule has 9 nitrogen and oxygen atoms in total. The van der Waals surface area contributed by atoms with Crippen LogP contribution in [0.3, 0.4) is 0 Å². The summed E-state index contributed by atoms with van der Waals surface area (Å²) in [5.74, 6) is -1.95. The van der Waals surface area contributed by atoms with Crippen molar-refractivity contribution >= 4 is 17.8 Å². The van der Waals surface area contributed by atoms with E-state index in [9.17, 15) is 14.4 Å². The van der Waals surface area contributed by atoms with Crippen LogP contribution in [0, 0.1) is 0 Å². The number of nitrogens with zero attached hydrogens (tertiary/aromatic N) is 2. The first-order chi connectivity index (χ1) is 11.6. The van der Waals surface area contributed by atoms with Crippen molar-refractivity contribution in [2.24, 2.45) is 0 Å². The van der Waals surface area contributed by atoms with Crippen molar-refractivity contribution in [1.29, 1.82) is 0 Å². The molecule has 1 unspecified atom stereocenters. The lowest BCUT2D eigenvalue weighted by Gasteiger charge is -2.13. The maximum absolute atomic E-state index is 11.8. The molecule has 126 valence electrons. The van der Waals surface area contributed by atoms with Gasteiger partial charge in [-0.3, -0.25) is 14.6 Å². The summed E-state index contributed by atoms with van der Waals surface area (Å²) >= 11 is 0. The lowest BCUT2D eigenvalue weighted by atomic mass is 10.1. The lowest BCUT2D eigenvalue weighted by molar-refractivity contribution is -0.141. The van der Waals surface area contributed by atoms with E-state index in [2.05, 4.69) is 25.6 Å². The summed E-state index contributed by atoms with van der Waals surface area (Å²) in [6.45, 7) is 0.0932. The van der Waals surface area contributed by atoms with Gasteiger partial charge in [0, 0.05) is 43.7 Å². The summed E-state index contributed by atoms with van der Waals surface area (Å²) in [5.41, 5.74) is 0.994. The van der Waals surface area contributed by atoms with Gasteiger partial charge >= 0.3 is 5.97 Å². The van der Waals surface area contributed by atoms with Gasteiger partial charge in [0.15, 0.2) is 0 Å². The van der Waals surface area contributed by atoms with E-state index < -0.39 is 17.9 Å². The first-order valence-corrected chi connectivity index (χ1v) is 7.24. The fourth-order valence-electron chi connectivity index (χ4n) is 1.97. The number of amides is 2. The summed E-state index contributed by atoms with van der Waals surface area (Å²) < 4.78 is 0. The summed E-state index contributed by atoms with van der Waals surface area (Å²) in [7, 11) is 0. The fourth-order valence-corrected chi connectivity index (χ4v) is 1.97. The third-order valence-corrected chi connectivity index (χ3v) is 3.17. The zero-order valence-corrected chi connectivity index (χ0v) is 12.7. The van der Waals surface area contributed by atoms with Crippen molar-refractivity contribution in [2.75, 3.05) is 6.54 Å². The van der Waals surface area contributed by atoms with Gasteiger partial charge < -0.3 is 20.7 Å². The van der Waals surface area contributed by atoms with Crippen LogP contribution in [0.15, 0.2) is 37.1 Å². The number of aromatic amines is 1. The molecule has 0 fully saturated rings. The number of nitrogens with one attached hydrogen (secondary N) is 3. The third kappa shape index (κ3) is 5.20. The number of carboxylic acids is 1. The number of rotatable bonds is 8. The third-order valence-electron chi connectivity index (χ3n) is 3.17. The van der Waals surface area contributed by atoms with E-state index in [1.54, 1.807) is 18.3 Å². The molecule has 2 heterocycles. The smallest absolute Gasteiger partial charge is 0.326 e. The van der Waals surface area contributed by atoms with Gasteiger partial charge in [-0.25, -0.2) is 9.78 Å². The van der Waals surface area contributed by atoms with Gasteiger partial charge in [0.25, 0.3) is 5.91 Å². The predicted octanol–water partition coefficient (Wildman–Crippen LogP) is -0.263. The second kappa shape index (κ2) is 8.42. The van der Waals surface area contributed by atoms with Gasteiger partial charge in [-0.05, 0) is 12.1 Å². The fraction of sp³-hybridized carbons (Fsp3) is 0.267. The Morgan fingerprint density at radius 2 is 2.08 bits per heavy atom. The molecule has 4 N–H and O–H groups in total. The minimum Gasteiger partial charge on any atom is -0.480 e. The van der Waals surface area contributed by atoms with Crippen molar-refractivity contribution in [1.82, 2.24) is 25.6 Å². The number of aliphatic carboxylic acids is 1. The monoisotopic (exact) mass is 331 g/mol. The predicted molar refractivity (Wildman–Crippen MR) is 83.0 cm³/mol. The molecule has 0 spiro atoms. The van der Waals surface area contributed by atoms with Gasteiger partial charge in [-0.1, -0.05) is 0 Å². The molecule has 2 aromatic rings. The molecule has 2 aromatic heterocycles. The van der Waals surface area contributed by atoms with Crippen LogP contribution in [0.5, 0.6) is 0 Å². The lowest BCUT2D eigenvalue weighted by Crippen LogP contribution is -2.43. The number of aromatic nitrogens is 3. The zero-order valence-electron chi connectivity index (χ0n) is 12.7. The minimum atomic E-state index is -1.14. The number of hydrogen-bond acceptors (Lipinski definition) is 5. The first kappa shape index (κ1) is 17.1. The van der Waals surface area contributed by atoms with Crippen LogP contribution in [0.4, 0.5) is 0 Å². The molecule has 2 amide bonds. The van der Waals surface area contributed by atoms with Crippen molar-refractivity contribution < 1.29 is 19.5 Å². The summed E-state index contributed by atoms with van der Waals surface area (Å²) in [4.78, 5) is 45.2. The molecule has 0 radical (unpaired) electrons. The SMILES string of the molecule is O=C(CCNC(=O)c1cccnc1)NC(Cc1cnc[nH]1)C(=O)O. The van der Waals surface area contributed by atoms with Crippen molar-refractivity contribution in [2.45, 2.75) is 18.9 Å². The molecule has 0 aliphatic carbocycles. The van der Waals surface area contributed by atoms with Gasteiger partial charge in [0.1, 0.15) is 6.04 Å². The van der Waals surface area contributed by atoms with E-state index in [1.165, 1.54) is 18.7 Å². The average molecular weight is 331 g/mol. The average Bonchev–Trinajstić information content (AvgIpc) is 3.08. The number of carboxylic acid groups (broad SMARTS) is 1. The van der Waals surface area contributed by atoms with E-state index in [0.29, 0.717) is 11.3 Å². The van der Waals surface area contributed by atoms with E-state index in [0.717, 1.165) is 0 Å². The van der Waals surface area contributed by atoms with E-state index in [-0.39, 0.29) is 25.3 Å². The Hall–Kier alpha value is -3.23. The van der Waals surface area contributed by atoms with Crippen LogP contribution < -0.4 is 10.6 Å². The van der Waals surface area contributed by atoms with Crippen LogP contribution in [-0.2, 0) is 16.0 Å². The Morgan fingerprint density at radius 1 is 1.25 bits per heavy atom. The van der Waals surface area contributed by atoms with Crippen LogP contribution in [-0.4, -0.2) is 50.4 Å². The number of carbonyl (C=O) groups excluding carboxylic acids is 2. The number of hydrogen-bond donors (Lipinski definition) is 4. The minimum absolute atomic E-state index is 0.0290. The maximum atomic E-state index is 11.8. The standard InChI is InChI=1S/C15H17N5O4/c21-13(3-5-18-14(22)10-2-1-4-16-7-10)20-12(15(23)24)6-11-8-17-9-19-11/h1-2,4,7-9,12H,3,5-6H2,(H,17,19)(H,18,22)(H,20,21)(H,23,24). The molecule has 24 heavy (non-hydrogen) atoms. The second-order valence-corrected chi connectivity index (χ2v) is 4.99. The first-order valence-electron chi connectivity index (χ1n) is 7.24. The van der Waals surface area contributed by atoms with Gasteiger partial charge in [0.2, 0.25) is 5.91 Å². The van der Waals surface area contributed by atoms with Gasteiger partial charge in [0.05, 0.1) is 11.9 Å². The Bertz CT molecular complexity index is 687. The highest BCUT2D eigenvalue weighted by atomic mass is 16.4. The molecule has 0 saturated heterocycles. The molecule has 0 bridgehead atoms. The molecule has 0 aromatic carbocycles. The van der Waals surface area contributed by atoms with Crippen LogP contribution in [0.25, 0.3) is 0 Å². The summed E-state index contributed by atoms with van der Waals surface area (Å²) in [5, 5.41) is 14.2. The zero-order chi connectivity index (χ0) is 17.4. The molecule has 1 atom stereocenters. The maximum Gasteiger partial charge on any atom is 0.326 e. The van der Waals surface area contributed by atoms with Crippen LogP contribution in [0.2, 0.25) is 0 Å². The molecule has 2 rings (SSSR count). The normalized spacial score (nSPS) is 11.5. The quantitative estimate of drug-likeness (QED) is 0.526. The van der Waals surface area contributed by atoms with E-state index >= 15 is 0 Å². The van der Waals surface area contributed by atoms with Crippen molar-refractivity contribution in [3.05, 3.63) is 48.3 Å². The summed E-state index contributed by atoms with van der Waals surface area (Å²) in [6, 6.07) is 2.17. The highest BCUT2D eigenvalue weighted by Gasteiger charge is 2.20. The number of H-pyrrole nitrogens is 1. The topological polar surface area (TPSA) is 137 Å². The summed E-state index contributed by atoms with van der Waals surface area (Å²) in [6.07, 6.45) is 5.97. The van der Waals surface area contributed by atoms with Crippen molar-refractivity contribution in [3.63, 3.8) is 0 Å². The Labute approximate surface area is 137 Å². The van der Waals surface area contributed by atoms with E-state index in [1.807, 2.05) is 0 Å². The second-order valence-electron chi connectivity index (χ2n) is 4.99. The van der Waals surface area contributed by atoms with Crippen LogP contribution in [0.1, 0.15) is 22.5 Å². The number of carbonyl (C=O) groups is 3. The molecule has 0 saturated carbocycles. The molecule has 9 heteroatoms. The van der Waals surface area contributed by atoms with Crippen LogP contribution >= 0.6 is 0 Å². The van der Waals surface area contributed by atoms with E-state index in [4.69, 9.17) is 5.11 Å². The molecular weight excluding hydrogens is 314 g/mol. The van der Waals surface area contributed by atoms with Gasteiger partial charge in [-0.2, -0.15) is 0 Å². The Balaban J connectivity index is 1.77. The Morgan fingerprint density at radius 3 is 2.71 bits per heavy atom. The molecule has 0 aliphatic rings. The highest BCUT2D eigenvalue weighted by Crippen LogP contribution is 2.00. The number of pyridine rings is 1. The van der Waals surface area contributed by atoms with Gasteiger partial charge in [-0.15, -0.1) is 0 Å². The highest BCUT2D eigenvalue weighted by molar-refractivity contribution is 5.94.